The summed E-state index contributed by atoms with van der Waals surface area (Å²) >= 11 is 0. The third kappa shape index (κ3) is 2.44. The number of anilines is 2. The summed E-state index contributed by atoms with van der Waals surface area (Å²) in [5.41, 5.74) is 6.86. The van der Waals surface area contributed by atoms with Crippen LogP contribution in [0.1, 0.15) is 10.4 Å². The van der Waals surface area contributed by atoms with Gasteiger partial charge in [0.1, 0.15) is 0 Å². The van der Waals surface area contributed by atoms with Gasteiger partial charge in [-0.3, -0.25) is 4.79 Å². The molecular weight excluding hydrogens is 244 g/mol. The zero-order valence-corrected chi connectivity index (χ0v) is 10.4. The quantitative estimate of drug-likeness (QED) is 0.567. The van der Waals surface area contributed by atoms with Gasteiger partial charge in [0, 0.05) is 18.4 Å². The van der Waals surface area contributed by atoms with E-state index in [2.05, 4.69) is 0 Å². The Labute approximate surface area is 110 Å². The first kappa shape index (κ1) is 12.8. The van der Waals surface area contributed by atoms with Crippen molar-refractivity contribution in [3.8, 4) is 11.5 Å². The van der Waals surface area contributed by atoms with Crippen molar-refractivity contribution in [1.29, 1.82) is 0 Å². The fraction of sp³-hybridized carbons (Fsp3) is 0.0714. The molecule has 0 heterocycles. The van der Waals surface area contributed by atoms with Gasteiger partial charge in [-0.1, -0.05) is 6.07 Å². The number of aromatic hydroxyl groups is 2. The smallest absolute Gasteiger partial charge is 0.261 e. The molecular formula is C14H14N2O3. The highest BCUT2D eigenvalue weighted by molar-refractivity contribution is 6.07. The molecule has 0 aliphatic rings. The van der Waals surface area contributed by atoms with Gasteiger partial charge in [-0.25, -0.2) is 0 Å². The third-order valence-electron chi connectivity index (χ3n) is 2.83. The van der Waals surface area contributed by atoms with Crippen LogP contribution in [0.25, 0.3) is 0 Å². The number of amides is 1. The maximum Gasteiger partial charge on any atom is 0.261 e. The van der Waals surface area contributed by atoms with Crippen molar-refractivity contribution in [2.24, 2.45) is 0 Å². The number of nitrogen functional groups attached to an aromatic ring is 1. The van der Waals surface area contributed by atoms with Crippen molar-refractivity contribution in [1.82, 2.24) is 0 Å². The molecule has 0 spiro atoms. The number of rotatable bonds is 2. The number of carbonyl (C=O) groups is 1. The first-order chi connectivity index (χ1) is 9.00. The lowest BCUT2D eigenvalue weighted by atomic mass is 10.1. The van der Waals surface area contributed by atoms with Gasteiger partial charge in [0.25, 0.3) is 5.91 Å². The molecule has 4 N–H and O–H groups in total. The van der Waals surface area contributed by atoms with Crippen LogP contribution in [-0.4, -0.2) is 23.2 Å². The minimum Gasteiger partial charge on any atom is -0.504 e. The molecule has 0 unspecified atom stereocenters. The third-order valence-corrected chi connectivity index (χ3v) is 2.83. The number of para-hydroxylation sites is 1. The Kier molecular flexibility index (Phi) is 3.29. The summed E-state index contributed by atoms with van der Waals surface area (Å²) in [6, 6.07) is 11.0. The summed E-state index contributed by atoms with van der Waals surface area (Å²) in [6.07, 6.45) is 0. The molecule has 0 saturated carbocycles. The molecule has 19 heavy (non-hydrogen) atoms. The van der Waals surface area contributed by atoms with E-state index in [-0.39, 0.29) is 11.3 Å². The second-order valence-electron chi connectivity index (χ2n) is 4.13. The molecule has 0 aliphatic heterocycles. The van der Waals surface area contributed by atoms with Crippen LogP contribution >= 0.6 is 0 Å². The number of phenols is 2. The van der Waals surface area contributed by atoms with Gasteiger partial charge >= 0.3 is 0 Å². The van der Waals surface area contributed by atoms with Crippen molar-refractivity contribution >= 4 is 17.3 Å². The minimum atomic E-state index is -0.421. The number of nitrogens with two attached hydrogens (primary N) is 1. The number of hydrogen-bond donors (Lipinski definition) is 3. The van der Waals surface area contributed by atoms with E-state index in [9.17, 15) is 15.0 Å². The number of carbonyl (C=O) groups excluding carboxylic acids is 1. The first-order valence-corrected chi connectivity index (χ1v) is 5.65. The maximum absolute atomic E-state index is 12.2. The van der Waals surface area contributed by atoms with E-state index in [0.717, 1.165) is 0 Å². The van der Waals surface area contributed by atoms with Gasteiger partial charge in [-0.15, -0.1) is 0 Å². The normalized spacial score (nSPS) is 10.2. The average molecular weight is 258 g/mol. The highest BCUT2D eigenvalue weighted by atomic mass is 16.3. The molecule has 1 amide bonds. The fourth-order valence-corrected chi connectivity index (χ4v) is 1.70. The van der Waals surface area contributed by atoms with Crippen molar-refractivity contribution < 1.29 is 15.0 Å². The molecule has 0 radical (unpaired) electrons. The molecule has 5 nitrogen and oxygen atoms in total. The predicted octanol–water partition coefficient (Wildman–Crippen LogP) is 1.96. The maximum atomic E-state index is 12.2. The molecule has 5 heteroatoms. The van der Waals surface area contributed by atoms with Crippen LogP contribution < -0.4 is 10.6 Å². The molecule has 2 aromatic rings. The van der Waals surface area contributed by atoms with Gasteiger partial charge in [-0.05, 0) is 36.4 Å². The predicted molar refractivity (Wildman–Crippen MR) is 73.4 cm³/mol. The van der Waals surface area contributed by atoms with Crippen LogP contribution in [0.3, 0.4) is 0 Å². The highest BCUT2D eigenvalue weighted by Crippen LogP contribution is 2.30. The van der Waals surface area contributed by atoms with E-state index in [4.69, 9.17) is 5.73 Å². The van der Waals surface area contributed by atoms with E-state index in [1.807, 2.05) is 0 Å². The van der Waals surface area contributed by atoms with Crippen LogP contribution in [0, 0.1) is 0 Å². The molecule has 0 aromatic heterocycles. The summed E-state index contributed by atoms with van der Waals surface area (Å²) in [5.74, 6) is -1.16. The van der Waals surface area contributed by atoms with Gasteiger partial charge in [-0.2, -0.15) is 0 Å². The van der Waals surface area contributed by atoms with Crippen LogP contribution in [0.2, 0.25) is 0 Å². The van der Waals surface area contributed by atoms with Crippen LogP contribution in [0.15, 0.2) is 42.5 Å². The SMILES string of the molecule is CN(C(=O)c1cccc(O)c1O)c1ccc(N)cc1. The van der Waals surface area contributed by atoms with Gasteiger partial charge in [0.15, 0.2) is 11.5 Å². The number of hydrogen-bond acceptors (Lipinski definition) is 4. The lowest BCUT2D eigenvalue weighted by molar-refractivity contribution is 0.0990. The zero-order chi connectivity index (χ0) is 14.0. The number of phenolic OH excluding ortho intramolecular Hbond substituents is 2. The molecule has 0 bridgehead atoms. The number of benzene rings is 2. The van der Waals surface area contributed by atoms with E-state index in [1.165, 1.54) is 23.1 Å². The molecule has 2 rings (SSSR count). The Morgan fingerprint density at radius 1 is 1.11 bits per heavy atom. The fourth-order valence-electron chi connectivity index (χ4n) is 1.70. The lowest BCUT2D eigenvalue weighted by Crippen LogP contribution is -2.26. The summed E-state index contributed by atoms with van der Waals surface area (Å²) in [7, 11) is 1.58. The van der Waals surface area contributed by atoms with E-state index >= 15 is 0 Å². The summed E-state index contributed by atoms with van der Waals surface area (Å²) in [5, 5.41) is 19.1. The monoisotopic (exact) mass is 258 g/mol. The average Bonchev–Trinajstić information content (AvgIpc) is 2.41. The Morgan fingerprint density at radius 2 is 1.74 bits per heavy atom. The van der Waals surface area contributed by atoms with E-state index < -0.39 is 11.7 Å². The Hall–Kier alpha value is -2.69. The largest absolute Gasteiger partial charge is 0.504 e. The summed E-state index contributed by atoms with van der Waals surface area (Å²) in [6.45, 7) is 0. The van der Waals surface area contributed by atoms with Crippen LogP contribution in [-0.2, 0) is 0 Å². The first-order valence-electron chi connectivity index (χ1n) is 5.65. The Balaban J connectivity index is 2.33. The molecule has 0 aliphatic carbocycles. The second kappa shape index (κ2) is 4.89. The van der Waals surface area contributed by atoms with E-state index in [0.29, 0.717) is 11.4 Å². The molecule has 0 saturated heterocycles. The van der Waals surface area contributed by atoms with Crippen molar-refractivity contribution in [2.75, 3.05) is 17.7 Å². The highest BCUT2D eigenvalue weighted by Gasteiger charge is 2.18. The Bertz CT molecular complexity index is 609. The van der Waals surface area contributed by atoms with Gasteiger partial charge in [0.2, 0.25) is 0 Å². The zero-order valence-electron chi connectivity index (χ0n) is 10.4. The number of nitrogens with zero attached hydrogens (tertiary/aromatic N) is 1. The standard InChI is InChI=1S/C14H14N2O3/c1-16(10-7-5-9(15)6-8-10)14(19)11-3-2-4-12(17)13(11)18/h2-8,17-18H,15H2,1H3. The molecule has 0 atom stereocenters. The van der Waals surface area contributed by atoms with Gasteiger partial charge < -0.3 is 20.8 Å². The van der Waals surface area contributed by atoms with E-state index in [1.54, 1.807) is 31.3 Å². The Morgan fingerprint density at radius 3 is 2.37 bits per heavy atom. The lowest BCUT2D eigenvalue weighted by Gasteiger charge is -2.18. The topological polar surface area (TPSA) is 86.8 Å². The summed E-state index contributed by atoms with van der Waals surface area (Å²) in [4.78, 5) is 13.6. The van der Waals surface area contributed by atoms with Crippen molar-refractivity contribution in [2.45, 2.75) is 0 Å². The molecule has 2 aromatic carbocycles. The van der Waals surface area contributed by atoms with Crippen molar-refractivity contribution in [3.05, 3.63) is 48.0 Å². The van der Waals surface area contributed by atoms with Gasteiger partial charge in [0.05, 0.1) is 5.56 Å². The molecule has 98 valence electrons. The molecule has 0 fully saturated rings. The van der Waals surface area contributed by atoms with Crippen LogP contribution in [0.5, 0.6) is 11.5 Å². The second-order valence-corrected chi connectivity index (χ2v) is 4.13. The summed E-state index contributed by atoms with van der Waals surface area (Å²) < 4.78 is 0. The minimum absolute atomic E-state index is 0.0410. The van der Waals surface area contributed by atoms with Crippen molar-refractivity contribution in [3.63, 3.8) is 0 Å². The van der Waals surface area contributed by atoms with Crippen LogP contribution in [0.4, 0.5) is 11.4 Å².